The number of halogens is 3. The SMILES string of the molecule is Cc1nc(-c2cccc3oc(Cc4cccc(C(F)(F)F)c4)cc23)sc1C(=O)O. The van der Waals surface area contributed by atoms with E-state index < -0.39 is 17.7 Å². The van der Waals surface area contributed by atoms with Gasteiger partial charge in [-0.2, -0.15) is 13.2 Å². The largest absolute Gasteiger partial charge is 0.477 e. The Hall–Kier alpha value is -3.13. The second-order valence-electron chi connectivity index (χ2n) is 6.54. The highest BCUT2D eigenvalue weighted by molar-refractivity contribution is 7.17. The minimum atomic E-state index is -4.40. The maximum atomic E-state index is 12.9. The summed E-state index contributed by atoms with van der Waals surface area (Å²) in [5.41, 5.74) is 1.50. The third kappa shape index (κ3) is 3.75. The van der Waals surface area contributed by atoms with E-state index in [1.165, 1.54) is 6.07 Å². The van der Waals surface area contributed by atoms with Gasteiger partial charge in [0.1, 0.15) is 21.2 Å². The Kier molecular flexibility index (Phi) is 4.66. The zero-order valence-electron chi connectivity index (χ0n) is 15.1. The Balaban J connectivity index is 1.72. The summed E-state index contributed by atoms with van der Waals surface area (Å²) < 4.78 is 44.6. The second kappa shape index (κ2) is 7.04. The highest BCUT2D eigenvalue weighted by Gasteiger charge is 2.30. The summed E-state index contributed by atoms with van der Waals surface area (Å²) in [7, 11) is 0. The lowest BCUT2D eigenvalue weighted by atomic mass is 10.1. The molecule has 0 aliphatic heterocycles. The van der Waals surface area contributed by atoms with Crippen molar-refractivity contribution in [3.8, 4) is 10.6 Å². The number of carboxylic acids is 1. The van der Waals surface area contributed by atoms with E-state index in [2.05, 4.69) is 4.98 Å². The van der Waals surface area contributed by atoms with Gasteiger partial charge in [0.15, 0.2) is 0 Å². The fourth-order valence-electron chi connectivity index (χ4n) is 3.16. The van der Waals surface area contributed by atoms with Gasteiger partial charge in [-0.25, -0.2) is 9.78 Å². The maximum absolute atomic E-state index is 12.9. The van der Waals surface area contributed by atoms with Gasteiger partial charge in [0, 0.05) is 17.4 Å². The molecule has 29 heavy (non-hydrogen) atoms. The van der Waals surface area contributed by atoms with Gasteiger partial charge in [0.2, 0.25) is 0 Å². The fraction of sp³-hybridized carbons (Fsp3) is 0.143. The van der Waals surface area contributed by atoms with Crippen molar-refractivity contribution in [1.82, 2.24) is 4.98 Å². The van der Waals surface area contributed by atoms with Crippen LogP contribution in [0.1, 0.15) is 32.3 Å². The van der Waals surface area contributed by atoms with Crippen LogP contribution in [0.2, 0.25) is 0 Å². The number of carboxylic acid groups (broad SMARTS) is 1. The molecule has 4 nitrogen and oxygen atoms in total. The molecule has 0 saturated carbocycles. The van der Waals surface area contributed by atoms with Gasteiger partial charge in [0.05, 0.1) is 11.3 Å². The van der Waals surface area contributed by atoms with Gasteiger partial charge < -0.3 is 9.52 Å². The van der Waals surface area contributed by atoms with E-state index >= 15 is 0 Å². The van der Waals surface area contributed by atoms with Crippen molar-refractivity contribution in [3.05, 3.63) is 76.0 Å². The molecule has 0 unspecified atom stereocenters. The van der Waals surface area contributed by atoms with Gasteiger partial charge in [-0.15, -0.1) is 11.3 Å². The third-order valence-electron chi connectivity index (χ3n) is 4.47. The van der Waals surface area contributed by atoms with Crippen LogP contribution in [0, 0.1) is 6.92 Å². The van der Waals surface area contributed by atoms with Crippen LogP contribution in [0.25, 0.3) is 21.5 Å². The van der Waals surface area contributed by atoms with E-state index in [1.54, 1.807) is 31.2 Å². The molecule has 148 valence electrons. The number of thiazole rings is 1. The van der Waals surface area contributed by atoms with Crippen molar-refractivity contribution in [2.45, 2.75) is 19.5 Å². The molecule has 4 rings (SSSR count). The summed E-state index contributed by atoms with van der Waals surface area (Å²) in [6, 6.07) is 12.2. The topological polar surface area (TPSA) is 63.3 Å². The zero-order valence-corrected chi connectivity index (χ0v) is 15.9. The number of nitrogens with zero attached hydrogens (tertiary/aromatic N) is 1. The molecule has 0 amide bonds. The quantitative estimate of drug-likeness (QED) is 0.431. The van der Waals surface area contributed by atoms with E-state index in [0.29, 0.717) is 27.6 Å². The Bertz CT molecular complexity index is 1220. The Labute approximate surface area is 167 Å². The lowest BCUT2D eigenvalue weighted by molar-refractivity contribution is -0.137. The molecule has 0 bridgehead atoms. The van der Waals surface area contributed by atoms with Gasteiger partial charge in [-0.05, 0) is 30.7 Å². The summed E-state index contributed by atoms with van der Waals surface area (Å²) >= 11 is 1.08. The first-order valence-electron chi connectivity index (χ1n) is 8.61. The predicted octanol–water partition coefficient (Wildman–Crippen LogP) is 6.17. The zero-order chi connectivity index (χ0) is 20.8. The third-order valence-corrected chi connectivity index (χ3v) is 5.65. The van der Waals surface area contributed by atoms with Crippen molar-refractivity contribution in [2.24, 2.45) is 0 Å². The highest BCUT2D eigenvalue weighted by Crippen LogP contribution is 2.35. The number of benzene rings is 2. The number of carbonyl (C=O) groups is 1. The molecule has 0 fully saturated rings. The minimum absolute atomic E-state index is 0.171. The lowest BCUT2D eigenvalue weighted by Gasteiger charge is -2.07. The van der Waals surface area contributed by atoms with Gasteiger partial charge in [0.25, 0.3) is 0 Å². The number of fused-ring (bicyclic) bond motifs is 1. The van der Waals surface area contributed by atoms with Crippen molar-refractivity contribution >= 4 is 28.3 Å². The molecule has 0 spiro atoms. The smallest absolute Gasteiger partial charge is 0.416 e. The summed E-state index contributed by atoms with van der Waals surface area (Å²) in [5.74, 6) is -0.519. The number of furan rings is 1. The Morgan fingerprint density at radius 2 is 1.93 bits per heavy atom. The van der Waals surface area contributed by atoms with Crippen LogP contribution >= 0.6 is 11.3 Å². The van der Waals surface area contributed by atoms with E-state index in [-0.39, 0.29) is 11.3 Å². The molecular formula is C21H14F3NO3S. The molecule has 0 aliphatic rings. The van der Waals surface area contributed by atoms with Crippen LogP contribution in [0.3, 0.4) is 0 Å². The monoisotopic (exact) mass is 417 g/mol. The molecule has 0 saturated heterocycles. The molecule has 0 radical (unpaired) electrons. The van der Waals surface area contributed by atoms with Gasteiger partial charge in [-0.1, -0.05) is 30.3 Å². The average molecular weight is 417 g/mol. The van der Waals surface area contributed by atoms with Crippen LogP contribution < -0.4 is 0 Å². The van der Waals surface area contributed by atoms with E-state index in [1.807, 2.05) is 6.07 Å². The summed E-state index contributed by atoms with van der Waals surface area (Å²) in [4.78, 5) is 15.8. The Morgan fingerprint density at radius 3 is 2.62 bits per heavy atom. The molecule has 8 heteroatoms. The number of rotatable bonds is 4. The molecule has 2 aromatic carbocycles. The van der Waals surface area contributed by atoms with Crippen molar-refractivity contribution in [1.29, 1.82) is 0 Å². The first-order chi connectivity index (χ1) is 13.7. The van der Waals surface area contributed by atoms with Crippen molar-refractivity contribution < 1.29 is 27.5 Å². The number of aryl methyl sites for hydroxylation is 1. The van der Waals surface area contributed by atoms with Crippen LogP contribution in [0.5, 0.6) is 0 Å². The lowest BCUT2D eigenvalue weighted by Crippen LogP contribution is -2.05. The number of alkyl halides is 3. The number of aromatic nitrogens is 1. The predicted molar refractivity (Wildman–Crippen MR) is 103 cm³/mol. The normalized spacial score (nSPS) is 11.9. The second-order valence-corrected chi connectivity index (χ2v) is 7.54. The fourth-order valence-corrected chi connectivity index (χ4v) is 4.10. The first-order valence-corrected chi connectivity index (χ1v) is 9.42. The van der Waals surface area contributed by atoms with Crippen LogP contribution in [0.4, 0.5) is 13.2 Å². The number of hydrogen-bond donors (Lipinski definition) is 1. The van der Waals surface area contributed by atoms with E-state index in [0.717, 1.165) is 34.4 Å². The molecule has 0 atom stereocenters. The molecular weight excluding hydrogens is 403 g/mol. The molecule has 0 aliphatic carbocycles. The van der Waals surface area contributed by atoms with Gasteiger partial charge >= 0.3 is 12.1 Å². The van der Waals surface area contributed by atoms with Crippen LogP contribution in [0.15, 0.2) is 52.9 Å². The van der Waals surface area contributed by atoms with Crippen LogP contribution in [-0.2, 0) is 12.6 Å². The van der Waals surface area contributed by atoms with Crippen LogP contribution in [-0.4, -0.2) is 16.1 Å². The van der Waals surface area contributed by atoms with E-state index in [4.69, 9.17) is 4.42 Å². The number of aromatic carboxylic acids is 1. The summed E-state index contributed by atoms with van der Waals surface area (Å²) in [6.07, 6.45) is -4.20. The summed E-state index contributed by atoms with van der Waals surface area (Å²) in [5, 5.41) is 10.5. The summed E-state index contributed by atoms with van der Waals surface area (Å²) in [6.45, 7) is 1.64. The molecule has 1 N–H and O–H groups in total. The minimum Gasteiger partial charge on any atom is -0.477 e. The molecule has 2 aromatic heterocycles. The standard InChI is InChI=1S/C21H14F3NO3S/c1-11-18(20(26)27)29-19(25-11)15-6-3-7-17-16(15)10-14(28-17)9-12-4-2-5-13(8-12)21(22,23)24/h2-8,10H,9H2,1H3,(H,26,27). The van der Waals surface area contributed by atoms with Gasteiger partial charge in [-0.3, -0.25) is 0 Å². The van der Waals surface area contributed by atoms with Crippen molar-refractivity contribution in [2.75, 3.05) is 0 Å². The maximum Gasteiger partial charge on any atom is 0.416 e. The molecule has 2 heterocycles. The first kappa shape index (κ1) is 19.2. The highest BCUT2D eigenvalue weighted by atomic mass is 32.1. The Morgan fingerprint density at radius 1 is 1.17 bits per heavy atom. The number of hydrogen-bond acceptors (Lipinski definition) is 4. The van der Waals surface area contributed by atoms with Crippen molar-refractivity contribution in [3.63, 3.8) is 0 Å². The van der Waals surface area contributed by atoms with E-state index in [9.17, 15) is 23.1 Å². The average Bonchev–Trinajstić information content (AvgIpc) is 3.23. The molecule has 4 aromatic rings.